The van der Waals surface area contributed by atoms with Crippen LogP contribution in [0.5, 0.6) is 0 Å². The Kier molecular flexibility index (Phi) is 2.86. The largest absolute Gasteiger partial charge is 0.468 e. The van der Waals surface area contributed by atoms with Crippen LogP contribution in [0.15, 0.2) is 18.2 Å². The standard InChI is InChI=1S/C11H11Cl2NO2/c1-16-10(15)11(14)5-7(11)6-2-3-8(12)9(13)4-6/h2-4,7H,5,14H2,1H3. The highest BCUT2D eigenvalue weighted by molar-refractivity contribution is 6.42. The summed E-state index contributed by atoms with van der Waals surface area (Å²) in [4.78, 5) is 11.4. The second-order valence-electron chi connectivity index (χ2n) is 3.96. The number of hydrogen-bond acceptors (Lipinski definition) is 3. The molecule has 0 bridgehead atoms. The van der Waals surface area contributed by atoms with Gasteiger partial charge < -0.3 is 10.5 Å². The summed E-state index contributed by atoms with van der Waals surface area (Å²) in [6.07, 6.45) is 0.581. The van der Waals surface area contributed by atoms with Crippen molar-refractivity contribution in [2.45, 2.75) is 17.9 Å². The number of hydrogen-bond donors (Lipinski definition) is 1. The number of methoxy groups -OCH3 is 1. The zero-order valence-electron chi connectivity index (χ0n) is 8.67. The molecule has 16 heavy (non-hydrogen) atoms. The smallest absolute Gasteiger partial charge is 0.326 e. The first kappa shape index (κ1) is 11.7. The zero-order chi connectivity index (χ0) is 11.9. The topological polar surface area (TPSA) is 52.3 Å². The molecule has 86 valence electrons. The second-order valence-corrected chi connectivity index (χ2v) is 4.78. The Morgan fingerprint density at radius 3 is 2.75 bits per heavy atom. The number of rotatable bonds is 2. The quantitative estimate of drug-likeness (QED) is 0.830. The van der Waals surface area contributed by atoms with Gasteiger partial charge in [-0.2, -0.15) is 0 Å². The molecule has 3 nitrogen and oxygen atoms in total. The average Bonchev–Trinajstić information content (AvgIpc) is 2.95. The molecule has 5 heteroatoms. The molecule has 2 rings (SSSR count). The van der Waals surface area contributed by atoms with Crippen LogP contribution in [-0.4, -0.2) is 18.6 Å². The summed E-state index contributed by atoms with van der Waals surface area (Å²) in [6, 6.07) is 5.28. The van der Waals surface area contributed by atoms with Crippen molar-refractivity contribution in [2.75, 3.05) is 7.11 Å². The average molecular weight is 260 g/mol. The molecule has 0 amide bonds. The van der Waals surface area contributed by atoms with E-state index in [0.717, 1.165) is 5.56 Å². The monoisotopic (exact) mass is 259 g/mol. The Labute approximate surface area is 103 Å². The van der Waals surface area contributed by atoms with Gasteiger partial charge in [0, 0.05) is 5.92 Å². The highest BCUT2D eigenvalue weighted by Crippen LogP contribution is 2.50. The van der Waals surface area contributed by atoms with Gasteiger partial charge in [-0.05, 0) is 24.1 Å². The van der Waals surface area contributed by atoms with Crippen molar-refractivity contribution in [3.8, 4) is 0 Å². The van der Waals surface area contributed by atoms with Crippen molar-refractivity contribution < 1.29 is 9.53 Å². The van der Waals surface area contributed by atoms with Crippen molar-refractivity contribution in [1.82, 2.24) is 0 Å². The third-order valence-electron chi connectivity index (χ3n) is 2.92. The molecule has 1 saturated carbocycles. The SMILES string of the molecule is COC(=O)C1(N)CC1c1ccc(Cl)c(Cl)c1. The predicted molar refractivity (Wildman–Crippen MR) is 62.8 cm³/mol. The van der Waals surface area contributed by atoms with Crippen LogP contribution in [0, 0.1) is 0 Å². The van der Waals surface area contributed by atoms with Crippen LogP contribution in [0.2, 0.25) is 10.0 Å². The minimum Gasteiger partial charge on any atom is -0.468 e. The summed E-state index contributed by atoms with van der Waals surface area (Å²) in [6.45, 7) is 0. The van der Waals surface area contributed by atoms with Crippen LogP contribution >= 0.6 is 23.2 Å². The van der Waals surface area contributed by atoms with Gasteiger partial charge in [0.15, 0.2) is 0 Å². The molecule has 1 aliphatic rings. The number of ether oxygens (including phenoxy) is 1. The lowest BCUT2D eigenvalue weighted by Gasteiger charge is -2.09. The van der Waals surface area contributed by atoms with Crippen LogP contribution in [0.1, 0.15) is 17.9 Å². The Morgan fingerprint density at radius 1 is 1.50 bits per heavy atom. The van der Waals surface area contributed by atoms with Gasteiger partial charge in [-0.25, -0.2) is 0 Å². The minimum absolute atomic E-state index is 0.0327. The molecule has 0 aliphatic heterocycles. The molecule has 0 radical (unpaired) electrons. The summed E-state index contributed by atoms with van der Waals surface area (Å²) in [7, 11) is 1.33. The number of esters is 1. The summed E-state index contributed by atoms with van der Waals surface area (Å²) in [5.41, 5.74) is 5.94. The van der Waals surface area contributed by atoms with E-state index in [0.29, 0.717) is 16.5 Å². The lowest BCUT2D eigenvalue weighted by molar-refractivity contribution is -0.143. The second kappa shape index (κ2) is 3.91. The Bertz CT molecular complexity index is 450. The van der Waals surface area contributed by atoms with Gasteiger partial charge in [-0.1, -0.05) is 29.3 Å². The van der Waals surface area contributed by atoms with Crippen molar-refractivity contribution in [3.05, 3.63) is 33.8 Å². The maximum atomic E-state index is 11.4. The molecule has 1 aliphatic carbocycles. The van der Waals surface area contributed by atoms with E-state index in [9.17, 15) is 4.79 Å². The van der Waals surface area contributed by atoms with Gasteiger partial charge in [-0.15, -0.1) is 0 Å². The van der Waals surface area contributed by atoms with E-state index < -0.39 is 5.54 Å². The molecule has 0 saturated heterocycles. The fourth-order valence-electron chi connectivity index (χ4n) is 1.84. The maximum absolute atomic E-state index is 11.4. The fourth-order valence-corrected chi connectivity index (χ4v) is 2.15. The fraction of sp³-hybridized carbons (Fsp3) is 0.364. The number of halogens is 2. The highest BCUT2D eigenvalue weighted by atomic mass is 35.5. The zero-order valence-corrected chi connectivity index (χ0v) is 10.2. The molecule has 2 N–H and O–H groups in total. The summed E-state index contributed by atoms with van der Waals surface area (Å²) in [5, 5.41) is 0.963. The van der Waals surface area contributed by atoms with Gasteiger partial charge in [0.1, 0.15) is 5.54 Å². The predicted octanol–water partition coefficient (Wildman–Crippen LogP) is 2.35. The summed E-state index contributed by atoms with van der Waals surface area (Å²) >= 11 is 11.7. The molecular formula is C11H11Cl2NO2. The van der Waals surface area contributed by atoms with Crippen LogP contribution in [0.4, 0.5) is 0 Å². The molecule has 1 aromatic carbocycles. The van der Waals surface area contributed by atoms with Gasteiger partial charge in [0.2, 0.25) is 0 Å². The van der Waals surface area contributed by atoms with Crippen LogP contribution < -0.4 is 5.73 Å². The van der Waals surface area contributed by atoms with Crippen molar-refractivity contribution in [2.24, 2.45) is 5.73 Å². The minimum atomic E-state index is -0.897. The third kappa shape index (κ3) is 1.79. The Morgan fingerprint density at radius 2 is 2.19 bits per heavy atom. The van der Waals surface area contributed by atoms with E-state index in [2.05, 4.69) is 4.74 Å². The van der Waals surface area contributed by atoms with Gasteiger partial charge in [0.25, 0.3) is 0 Å². The van der Waals surface area contributed by atoms with Gasteiger partial charge >= 0.3 is 5.97 Å². The van der Waals surface area contributed by atoms with E-state index in [-0.39, 0.29) is 11.9 Å². The number of carbonyl (C=O) groups is 1. The van der Waals surface area contributed by atoms with E-state index in [1.54, 1.807) is 12.1 Å². The van der Waals surface area contributed by atoms with E-state index in [4.69, 9.17) is 28.9 Å². The first-order valence-corrected chi connectivity index (χ1v) is 5.57. The number of nitrogens with two attached hydrogens (primary N) is 1. The third-order valence-corrected chi connectivity index (χ3v) is 3.65. The first-order valence-electron chi connectivity index (χ1n) is 4.81. The van der Waals surface area contributed by atoms with Crippen molar-refractivity contribution in [3.63, 3.8) is 0 Å². The maximum Gasteiger partial charge on any atom is 0.326 e. The lowest BCUT2D eigenvalue weighted by Crippen LogP contribution is -2.35. The van der Waals surface area contributed by atoms with Crippen LogP contribution in [-0.2, 0) is 9.53 Å². The molecule has 0 spiro atoms. The number of benzene rings is 1. The van der Waals surface area contributed by atoms with Gasteiger partial charge in [-0.3, -0.25) is 4.79 Å². The molecule has 1 fully saturated rings. The molecule has 2 unspecified atom stereocenters. The van der Waals surface area contributed by atoms with Crippen LogP contribution in [0.3, 0.4) is 0 Å². The molecule has 1 aromatic rings. The first-order chi connectivity index (χ1) is 7.49. The lowest BCUT2D eigenvalue weighted by atomic mass is 10.1. The highest BCUT2D eigenvalue weighted by Gasteiger charge is 2.58. The van der Waals surface area contributed by atoms with Crippen molar-refractivity contribution in [1.29, 1.82) is 0 Å². The normalized spacial score (nSPS) is 27.6. The molecule has 0 aromatic heterocycles. The molecule has 2 atom stereocenters. The summed E-state index contributed by atoms with van der Waals surface area (Å²) in [5.74, 6) is -0.418. The summed E-state index contributed by atoms with van der Waals surface area (Å²) < 4.78 is 4.66. The van der Waals surface area contributed by atoms with E-state index >= 15 is 0 Å². The van der Waals surface area contributed by atoms with Crippen LogP contribution in [0.25, 0.3) is 0 Å². The molecular weight excluding hydrogens is 249 g/mol. The Balaban J connectivity index is 2.23. The Hall–Kier alpha value is -0.770. The molecule has 0 heterocycles. The van der Waals surface area contributed by atoms with E-state index in [1.165, 1.54) is 7.11 Å². The van der Waals surface area contributed by atoms with Gasteiger partial charge in [0.05, 0.1) is 17.2 Å². The van der Waals surface area contributed by atoms with Crippen molar-refractivity contribution >= 4 is 29.2 Å². The van der Waals surface area contributed by atoms with E-state index in [1.807, 2.05) is 6.07 Å². The number of carbonyl (C=O) groups excluding carboxylic acids is 1.